The quantitative estimate of drug-likeness (QED) is 0.207. The molecule has 1 aliphatic carbocycles. The SMILES string of the molecule is c1ccc(-c2nc(-c3ccccc3)nc(-c3ccc4c(c3)[C@]3(c5ccccc5-4)c4ccccc4-n4c3nc3ccccc34)n2)cc1. The van der Waals surface area contributed by atoms with Gasteiger partial charge in [0.25, 0.3) is 0 Å². The molecule has 0 N–H and O–H groups in total. The van der Waals surface area contributed by atoms with Crippen LogP contribution in [0.15, 0.2) is 152 Å². The van der Waals surface area contributed by atoms with Crippen molar-refractivity contribution in [2.24, 2.45) is 0 Å². The largest absolute Gasteiger partial charge is 0.295 e. The molecule has 1 atom stereocenters. The fourth-order valence-corrected chi connectivity index (χ4v) is 7.51. The highest BCUT2D eigenvalue weighted by Crippen LogP contribution is 2.60. The smallest absolute Gasteiger partial charge is 0.164 e. The molecule has 3 heterocycles. The number of para-hydroxylation sites is 3. The Morgan fingerprint density at radius 2 is 0.978 bits per heavy atom. The molecule has 46 heavy (non-hydrogen) atoms. The standard InChI is InChI=1S/C41H25N5/c1-3-13-26(14-4-1)37-43-38(27-15-5-2-6-16-27)45-39(44-37)28-23-24-30-29-17-7-8-18-31(29)41(33(30)25-28)32-19-9-11-21-35(32)46-36-22-12-10-20-34(36)42-40(41)46/h1-25H/t41-/m0/s1. The monoisotopic (exact) mass is 587 g/mol. The summed E-state index contributed by atoms with van der Waals surface area (Å²) in [5, 5.41) is 0. The van der Waals surface area contributed by atoms with Crippen LogP contribution in [0.5, 0.6) is 0 Å². The number of hydrogen-bond donors (Lipinski definition) is 0. The molecule has 0 radical (unpaired) electrons. The molecule has 0 unspecified atom stereocenters. The van der Waals surface area contributed by atoms with Gasteiger partial charge >= 0.3 is 0 Å². The lowest BCUT2D eigenvalue weighted by molar-refractivity contribution is 0.738. The summed E-state index contributed by atoms with van der Waals surface area (Å²) >= 11 is 0. The van der Waals surface area contributed by atoms with E-state index in [9.17, 15) is 0 Å². The van der Waals surface area contributed by atoms with E-state index in [0.29, 0.717) is 17.5 Å². The Morgan fingerprint density at radius 3 is 1.72 bits per heavy atom. The van der Waals surface area contributed by atoms with Gasteiger partial charge in [-0.2, -0.15) is 0 Å². The van der Waals surface area contributed by atoms with Gasteiger partial charge in [-0.3, -0.25) is 4.57 Å². The first-order chi connectivity index (χ1) is 22.8. The van der Waals surface area contributed by atoms with Crippen LogP contribution in [0.3, 0.4) is 0 Å². The van der Waals surface area contributed by atoms with Gasteiger partial charge < -0.3 is 0 Å². The molecule has 5 heteroatoms. The highest BCUT2D eigenvalue weighted by molar-refractivity contribution is 5.92. The van der Waals surface area contributed by atoms with Gasteiger partial charge in [-0.15, -0.1) is 0 Å². The van der Waals surface area contributed by atoms with Crippen LogP contribution in [0.1, 0.15) is 22.5 Å². The first-order valence-electron chi connectivity index (χ1n) is 15.5. The fourth-order valence-electron chi connectivity index (χ4n) is 7.51. The minimum atomic E-state index is -0.588. The number of rotatable bonds is 3. The first kappa shape index (κ1) is 25.2. The fraction of sp³-hybridized carbons (Fsp3) is 0.0244. The number of imidazole rings is 1. The van der Waals surface area contributed by atoms with E-state index in [4.69, 9.17) is 19.9 Å². The number of nitrogens with zero attached hydrogens (tertiary/aromatic N) is 5. The first-order valence-corrected chi connectivity index (χ1v) is 15.5. The summed E-state index contributed by atoms with van der Waals surface area (Å²) in [5.41, 5.74) is 11.6. The second-order valence-corrected chi connectivity index (χ2v) is 11.9. The third kappa shape index (κ3) is 3.34. The van der Waals surface area contributed by atoms with Crippen LogP contribution in [0.2, 0.25) is 0 Å². The minimum Gasteiger partial charge on any atom is -0.295 e. The van der Waals surface area contributed by atoms with E-state index in [2.05, 4.69) is 95.6 Å². The second kappa shape index (κ2) is 9.40. The van der Waals surface area contributed by atoms with Gasteiger partial charge in [0.2, 0.25) is 0 Å². The van der Waals surface area contributed by atoms with Gasteiger partial charge in [-0.1, -0.05) is 127 Å². The van der Waals surface area contributed by atoms with Crippen molar-refractivity contribution >= 4 is 11.0 Å². The second-order valence-electron chi connectivity index (χ2n) is 11.9. The van der Waals surface area contributed by atoms with Gasteiger partial charge in [0.1, 0.15) is 11.2 Å². The zero-order valence-electron chi connectivity index (χ0n) is 24.7. The zero-order chi connectivity index (χ0) is 30.2. The lowest BCUT2D eigenvalue weighted by atomic mass is 9.72. The molecular weight excluding hydrogens is 562 g/mol. The Kier molecular flexibility index (Phi) is 5.14. The van der Waals surface area contributed by atoms with Gasteiger partial charge in [-0.05, 0) is 52.1 Å². The average molecular weight is 588 g/mol. The lowest BCUT2D eigenvalue weighted by Crippen LogP contribution is -2.27. The van der Waals surface area contributed by atoms with Crippen molar-refractivity contribution in [3.63, 3.8) is 0 Å². The summed E-state index contributed by atoms with van der Waals surface area (Å²) in [6.07, 6.45) is 0. The maximum absolute atomic E-state index is 5.37. The Balaban J connectivity index is 1.27. The highest BCUT2D eigenvalue weighted by Gasteiger charge is 2.54. The molecule has 5 nitrogen and oxygen atoms in total. The summed E-state index contributed by atoms with van der Waals surface area (Å²) in [6, 6.07) is 52.9. The third-order valence-electron chi connectivity index (χ3n) is 9.45. The molecule has 2 aromatic heterocycles. The maximum Gasteiger partial charge on any atom is 0.164 e. The van der Waals surface area contributed by atoms with Crippen LogP contribution in [-0.2, 0) is 5.41 Å². The van der Waals surface area contributed by atoms with Crippen LogP contribution >= 0.6 is 0 Å². The normalized spacial score (nSPS) is 15.5. The highest BCUT2D eigenvalue weighted by atomic mass is 15.1. The van der Waals surface area contributed by atoms with Crippen LogP contribution in [0.4, 0.5) is 0 Å². The minimum absolute atomic E-state index is 0.588. The molecule has 1 aliphatic heterocycles. The molecule has 0 bridgehead atoms. The summed E-state index contributed by atoms with van der Waals surface area (Å²) in [6.45, 7) is 0. The van der Waals surface area contributed by atoms with Crippen LogP contribution < -0.4 is 0 Å². The van der Waals surface area contributed by atoms with Crippen LogP contribution in [0.25, 0.3) is 62.0 Å². The van der Waals surface area contributed by atoms with Crippen LogP contribution in [0, 0.1) is 0 Å². The summed E-state index contributed by atoms with van der Waals surface area (Å²) in [5.74, 6) is 2.96. The van der Waals surface area contributed by atoms with Crippen molar-refractivity contribution in [2.75, 3.05) is 0 Å². The predicted molar refractivity (Wildman–Crippen MR) is 182 cm³/mol. The summed E-state index contributed by atoms with van der Waals surface area (Å²) in [7, 11) is 0. The van der Waals surface area contributed by atoms with Crippen molar-refractivity contribution < 1.29 is 0 Å². The van der Waals surface area contributed by atoms with Crippen molar-refractivity contribution in [1.82, 2.24) is 24.5 Å². The number of fused-ring (bicyclic) bond motifs is 12. The van der Waals surface area contributed by atoms with Crippen molar-refractivity contribution in [2.45, 2.75) is 5.41 Å². The molecule has 6 aromatic carbocycles. The molecule has 1 spiro atoms. The van der Waals surface area contributed by atoms with E-state index in [0.717, 1.165) is 39.2 Å². The molecule has 214 valence electrons. The maximum atomic E-state index is 5.37. The Hall–Kier alpha value is -6.20. The molecule has 2 aliphatic rings. The van der Waals surface area contributed by atoms with E-state index in [1.54, 1.807) is 0 Å². The van der Waals surface area contributed by atoms with Gasteiger partial charge in [0.05, 0.1) is 16.7 Å². The summed E-state index contributed by atoms with van der Waals surface area (Å²) < 4.78 is 2.35. The predicted octanol–water partition coefficient (Wildman–Crippen LogP) is 8.89. The van der Waals surface area contributed by atoms with E-state index in [-0.39, 0.29) is 0 Å². The Morgan fingerprint density at radius 1 is 0.413 bits per heavy atom. The Bertz CT molecular complexity index is 2420. The molecular formula is C41H25N5. The number of hydrogen-bond acceptors (Lipinski definition) is 4. The van der Waals surface area contributed by atoms with E-state index in [1.807, 2.05) is 60.7 Å². The third-order valence-corrected chi connectivity index (χ3v) is 9.45. The molecule has 0 fully saturated rings. The summed E-state index contributed by atoms with van der Waals surface area (Å²) in [4.78, 5) is 20.4. The molecule has 0 amide bonds. The molecule has 0 saturated heterocycles. The lowest BCUT2D eigenvalue weighted by Gasteiger charge is -2.27. The van der Waals surface area contributed by atoms with Crippen molar-refractivity contribution in [3.8, 4) is 51.0 Å². The average Bonchev–Trinajstić information content (AvgIpc) is 3.76. The molecule has 10 rings (SSSR count). The van der Waals surface area contributed by atoms with E-state index < -0.39 is 5.41 Å². The topological polar surface area (TPSA) is 56.5 Å². The van der Waals surface area contributed by atoms with E-state index >= 15 is 0 Å². The Labute approximate surface area is 265 Å². The van der Waals surface area contributed by atoms with Crippen LogP contribution in [-0.4, -0.2) is 24.5 Å². The van der Waals surface area contributed by atoms with Gasteiger partial charge in [0.15, 0.2) is 17.5 Å². The van der Waals surface area contributed by atoms with Gasteiger partial charge in [-0.25, -0.2) is 19.9 Å². The van der Waals surface area contributed by atoms with Gasteiger partial charge in [0, 0.05) is 16.7 Å². The van der Waals surface area contributed by atoms with E-state index in [1.165, 1.54) is 27.8 Å². The van der Waals surface area contributed by atoms with Crippen molar-refractivity contribution in [1.29, 1.82) is 0 Å². The number of benzene rings is 6. The zero-order valence-corrected chi connectivity index (χ0v) is 24.7. The number of aromatic nitrogens is 5. The van der Waals surface area contributed by atoms with Crippen molar-refractivity contribution in [3.05, 3.63) is 174 Å². The molecule has 0 saturated carbocycles. The molecule has 8 aromatic rings.